The van der Waals surface area contributed by atoms with Crippen molar-refractivity contribution in [2.24, 2.45) is 11.8 Å². The Hall–Kier alpha value is 3.62. The van der Waals surface area contributed by atoms with Crippen molar-refractivity contribution in [3.05, 3.63) is 13.8 Å². The third-order valence-electron chi connectivity index (χ3n) is 12.3. The van der Waals surface area contributed by atoms with Gasteiger partial charge in [-0.25, -0.2) is 0 Å². The average Bonchev–Trinajstić information content (AvgIpc) is 3.32. The van der Waals surface area contributed by atoms with Gasteiger partial charge in [-0.05, 0) is 77.0 Å². The van der Waals surface area contributed by atoms with Crippen molar-refractivity contribution in [2.45, 2.75) is 250 Å². The van der Waals surface area contributed by atoms with Crippen LogP contribution < -0.4 is 0 Å². The van der Waals surface area contributed by atoms with E-state index in [4.69, 9.17) is 0 Å². The predicted molar refractivity (Wildman–Crippen MR) is 309 cm³/mol. The molecule has 1 aliphatic carbocycles. The van der Waals surface area contributed by atoms with Gasteiger partial charge < -0.3 is 13.8 Å². The van der Waals surface area contributed by atoms with Gasteiger partial charge in [0.1, 0.15) is 0 Å². The summed E-state index contributed by atoms with van der Waals surface area (Å²) in [5.41, 5.74) is 0. The van der Waals surface area contributed by atoms with Crippen molar-refractivity contribution < 1.29 is 36.4 Å². The van der Waals surface area contributed by atoms with Crippen LogP contribution in [0, 0.1) is 25.7 Å². The van der Waals surface area contributed by atoms with E-state index in [0.29, 0.717) is 0 Å². The van der Waals surface area contributed by atoms with Gasteiger partial charge in [0.05, 0.1) is 73.9 Å². The second-order valence-electron chi connectivity index (χ2n) is 18.3. The summed E-state index contributed by atoms with van der Waals surface area (Å²) in [6.45, 7) is 35.7. The van der Waals surface area contributed by atoms with E-state index in [1.54, 1.807) is 73.9 Å². The zero-order valence-electron chi connectivity index (χ0n) is 44.8. The molecule has 0 heterocycles. The summed E-state index contributed by atoms with van der Waals surface area (Å²) in [4.78, 5) is 0. The van der Waals surface area contributed by atoms with E-state index in [1.807, 2.05) is 0 Å². The van der Waals surface area contributed by atoms with Crippen LogP contribution in [-0.4, -0.2) is 73.9 Å². The summed E-state index contributed by atoms with van der Waals surface area (Å²) < 4.78 is 0. The van der Waals surface area contributed by atoms with Crippen LogP contribution in [0.3, 0.4) is 0 Å². The monoisotopic (exact) mass is 1180 g/mol. The third-order valence-corrected chi connectivity index (χ3v) is 25.6. The Kier molecular flexibility index (Phi) is 91.5. The van der Waals surface area contributed by atoms with Gasteiger partial charge in [0.25, 0.3) is 0 Å². The predicted octanol–water partition coefficient (Wildman–Crippen LogP) is 21.5. The van der Waals surface area contributed by atoms with Gasteiger partial charge in [-0.1, -0.05) is 172 Å². The molecule has 62 heavy (non-hydrogen) atoms. The van der Waals surface area contributed by atoms with E-state index in [9.17, 15) is 0 Å². The first kappa shape index (κ1) is 77.1. The minimum atomic E-state index is 0.0675. The SMILES string of the molecule is CCCC[PH+](CCC)CCC.CCCC[PH+](CCC)CCC.CCCC[PH+](CCCC)CCCC.CCCC[PH+](CCCC)CCCC.[CH2-]CC1CCC(C[CH2-])CC1.[Cl][Pd+].[Cl][Pd+]. The van der Waals surface area contributed by atoms with Gasteiger partial charge in [-0.15, -0.1) is 0 Å². The normalized spacial score (nSPS) is 14.3. The van der Waals surface area contributed by atoms with Crippen LogP contribution in [0.2, 0.25) is 0 Å². The molecule has 0 nitrogen and oxygen atoms in total. The first-order valence-electron chi connectivity index (χ1n) is 27.4. The fourth-order valence-electron chi connectivity index (χ4n) is 8.14. The molecule has 0 N–H and O–H groups in total. The number of halogens is 2. The van der Waals surface area contributed by atoms with E-state index in [-0.39, 0.29) is 31.7 Å². The standard InChI is InChI=1S/2C12H27P.2C10H23P.C10H18.2ClH.2Pd/c2*1-4-7-10-13(11-8-5-2)12-9-6-3;2*1-4-7-10-11(8-5-2)9-6-3;1-3-9-5-7-10(4-2)8-6-9;;;;/h2*4-12H2,1-3H3;2*4-10H2,1-3H3;9-10H,1-8H2;2*1H;;/q;;;;-2;;;2*+2/p+2. The van der Waals surface area contributed by atoms with Crippen molar-refractivity contribution in [1.82, 2.24) is 0 Å². The van der Waals surface area contributed by atoms with Crippen LogP contribution in [0.25, 0.3) is 0 Å². The minimum absolute atomic E-state index is 0.0675. The van der Waals surface area contributed by atoms with Crippen LogP contribution in [0.15, 0.2) is 0 Å². The van der Waals surface area contributed by atoms with Crippen molar-refractivity contribution in [3.63, 3.8) is 0 Å². The first-order chi connectivity index (χ1) is 30.2. The Labute approximate surface area is 433 Å². The summed E-state index contributed by atoms with van der Waals surface area (Å²) in [5, 5.41) is 0. The molecule has 0 aromatic heterocycles. The summed E-state index contributed by atoms with van der Waals surface area (Å²) in [6, 6.07) is 0. The third kappa shape index (κ3) is 65.7. The summed E-state index contributed by atoms with van der Waals surface area (Å²) >= 11 is 4.44. The van der Waals surface area contributed by atoms with E-state index < -0.39 is 0 Å². The zero-order chi connectivity index (χ0) is 48.3. The van der Waals surface area contributed by atoms with Crippen LogP contribution >= 0.6 is 50.7 Å². The number of hydrogen-bond acceptors (Lipinski definition) is 0. The van der Waals surface area contributed by atoms with Gasteiger partial charge >= 0.3 is 55.4 Å². The van der Waals surface area contributed by atoms with Crippen molar-refractivity contribution in [2.75, 3.05) is 73.9 Å². The van der Waals surface area contributed by atoms with Gasteiger partial charge in [0.15, 0.2) is 0 Å². The topological polar surface area (TPSA) is 0 Å². The number of unbranched alkanes of at least 4 members (excludes halogenated alkanes) is 8. The molecule has 0 bridgehead atoms. The van der Waals surface area contributed by atoms with E-state index in [0.717, 1.165) is 24.7 Å². The Bertz CT molecular complexity index is 583. The molecule has 0 aromatic rings. The number of rotatable bonds is 34. The van der Waals surface area contributed by atoms with Crippen LogP contribution in [0.4, 0.5) is 0 Å². The molecule has 0 unspecified atom stereocenters. The molecule has 0 saturated heterocycles. The Morgan fingerprint density at radius 2 is 0.435 bits per heavy atom. The Balaban J connectivity index is -0.000000155. The van der Waals surface area contributed by atoms with Crippen molar-refractivity contribution in [1.29, 1.82) is 0 Å². The fourth-order valence-corrected chi connectivity index (χ4v) is 20.8. The Morgan fingerprint density at radius 1 is 0.290 bits per heavy atom. The molecule has 1 fully saturated rings. The Morgan fingerprint density at radius 3 is 0.548 bits per heavy atom. The zero-order valence-corrected chi connectivity index (χ0v) is 53.4. The molecular weight excluding hydrogens is 1060 g/mol. The van der Waals surface area contributed by atoms with Gasteiger partial charge in [0.2, 0.25) is 0 Å². The molecule has 0 amide bonds. The van der Waals surface area contributed by atoms with Crippen molar-refractivity contribution >= 4 is 50.7 Å². The number of hydrogen-bond donors (Lipinski definition) is 0. The second-order valence-corrected chi connectivity index (χ2v) is 30.3. The molecule has 0 radical (unpaired) electrons. The maximum absolute atomic E-state index is 4.49. The molecule has 0 atom stereocenters. The summed E-state index contributed by atoms with van der Waals surface area (Å²) in [7, 11) is 9.29. The van der Waals surface area contributed by atoms with Gasteiger partial charge in [0, 0.05) is 31.7 Å². The van der Waals surface area contributed by atoms with Crippen LogP contribution in [0.1, 0.15) is 250 Å². The quantitative estimate of drug-likeness (QED) is 0.0342. The van der Waals surface area contributed by atoms with Gasteiger partial charge in [-0.3, -0.25) is 0 Å². The molecule has 1 aliphatic rings. The molecule has 0 aliphatic heterocycles. The summed E-state index contributed by atoms with van der Waals surface area (Å²) in [5.74, 6) is 1.87. The van der Waals surface area contributed by atoms with Crippen LogP contribution in [-0.2, 0) is 36.4 Å². The molecule has 1 rings (SSSR count). The molecule has 8 heteroatoms. The second kappa shape index (κ2) is 73.6. The van der Waals surface area contributed by atoms with Gasteiger partial charge in [-0.2, -0.15) is 12.8 Å². The van der Waals surface area contributed by atoms with E-state index >= 15 is 0 Å². The fraction of sp³-hybridized carbons (Fsp3) is 0.963. The molecular formula is C54H122Cl2P4Pd2+4. The maximum atomic E-state index is 4.49. The molecule has 0 aromatic carbocycles. The van der Waals surface area contributed by atoms with E-state index in [1.165, 1.54) is 154 Å². The van der Waals surface area contributed by atoms with Crippen molar-refractivity contribution in [3.8, 4) is 0 Å². The first-order valence-corrected chi connectivity index (χ1v) is 39.9. The van der Waals surface area contributed by atoms with E-state index in [2.05, 4.69) is 152 Å². The molecule has 0 spiro atoms. The molecule has 1 saturated carbocycles. The summed E-state index contributed by atoms with van der Waals surface area (Å²) in [6.07, 6.45) is 55.5. The average molecular weight is 1180 g/mol. The molecule has 388 valence electrons. The van der Waals surface area contributed by atoms with Crippen LogP contribution in [0.5, 0.6) is 0 Å².